The number of aliphatic hydroxyl groups is 1. The first kappa shape index (κ1) is 17.8. The Labute approximate surface area is 152 Å². The predicted octanol–water partition coefficient (Wildman–Crippen LogP) is 2.32. The maximum absolute atomic E-state index is 10.1. The number of aliphatic hydroxyl groups excluding tert-OH is 1. The molecule has 6 nitrogen and oxygen atoms in total. The summed E-state index contributed by atoms with van der Waals surface area (Å²) in [5, 5.41) is 21.3. The molecule has 0 radical (unpaired) electrons. The fraction of sp³-hybridized carbons (Fsp3) is 0.389. The lowest BCUT2D eigenvalue weighted by Crippen LogP contribution is -2.35. The molecule has 3 rings (SSSR count). The second-order valence-electron chi connectivity index (χ2n) is 6.21. The average molecular weight is 360 g/mol. The molecular formula is C18H22ClN5O. The van der Waals surface area contributed by atoms with Gasteiger partial charge in [-0.15, -0.1) is 0 Å². The molecule has 1 aliphatic rings. The molecule has 0 spiro atoms. The third-order valence-corrected chi connectivity index (χ3v) is 4.48. The Morgan fingerprint density at radius 1 is 1.36 bits per heavy atom. The number of hydrogen-bond acceptors (Lipinski definition) is 6. The Morgan fingerprint density at radius 2 is 2.16 bits per heavy atom. The van der Waals surface area contributed by atoms with Crippen molar-refractivity contribution in [3.63, 3.8) is 0 Å². The quantitative estimate of drug-likeness (QED) is 0.522. The van der Waals surface area contributed by atoms with Crippen LogP contribution in [0.5, 0.6) is 0 Å². The third kappa shape index (κ3) is 4.75. The molecule has 1 aliphatic heterocycles. The minimum Gasteiger partial charge on any atom is -0.390 e. The lowest BCUT2D eigenvalue weighted by atomic mass is 10.1. The Balaban J connectivity index is 1.64. The molecule has 7 heteroatoms. The molecule has 3 N–H and O–H groups in total. The van der Waals surface area contributed by atoms with Gasteiger partial charge in [-0.25, -0.2) is 4.98 Å². The van der Waals surface area contributed by atoms with Gasteiger partial charge >= 0.3 is 0 Å². The number of halogens is 1. The fourth-order valence-electron chi connectivity index (χ4n) is 2.98. The number of hydrogen-bond donors (Lipinski definition) is 3. The van der Waals surface area contributed by atoms with Gasteiger partial charge in [-0.2, -0.15) is 0 Å². The Hall–Kier alpha value is -2.02. The summed E-state index contributed by atoms with van der Waals surface area (Å²) in [4.78, 5) is 10.9. The summed E-state index contributed by atoms with van der Waals surface area (Å²) in [7, 11) is 0. The second-order valence-corrected chi connectivity index (χ2v) is 6.60. The van der Waals surface area contributed by atoms with E-state index in [1.54, 1.807) is 18.5 Å². The van der Waals surface area contributed by atoms with Gasteiger partial charge in [0, 0.05) is 42.8 Å². The van der Waals surface area contributed by atoms with Gasteiger partial charge < -0.3 is 20.7 Å². The van der Waals surface area contributed by atoms with E-state index in [2.05, 4.69) is 20.2 Å². The number of rotatable bonds is 7. The molecule has 0 aliphatic carbocycles. The van der Waals surface area contributed by atoms with Crippen LogP contribution in [0.2, 0.25) is 5.15 Å². The van der Waals surface area contributed by atoms with Gasteiger partial charge in [0.2, 0.25) is 0 Å². The Kier molecular flexibility index (Phi) is 5.96. The lowest BCUT2D eigenvalue weighted by molar-refractivity contribution is 0.127. The molecule has 1 saturated heterocycles. The monoisotopic (exact) mass is 359 g/mol. The minimum atomic E-state index is -0.434. The SMILES string of the molecule is N=C/C(=C\NCC(O)CN1CCCC1)c1cnc2ccc(Cl)nc2c1. The molecular weight excluding hydrogens is 338 g/mol. The van der Waals surface area contributed by atoms with Crippen molar-refractivity contribution < 1.29 is 5.11 Å². The van der Waals surface area contributed by atoms with Crippen LogP contribution in [0.25, 0.3) is 16.6 Å². The van der Waals surface area contributed by atoms with Crippen LogP contribution in [-0.4, -0.2) is 58.5 Å². The molecule has 132 valence electrons. The molecule has 1 unspecified atom stereocenters. The van der Waals surface area contributed by atoms with Crippen molar-refractivity contribution in [1.82, 2.24) is 20.2 Å². The minimum absolute atomic E-state index is 0.412. The number of likely N-dealkylation sites (tertiary alicyclic amines) is 1. The van der Waals surface area contributed by atoms with E-state index in [-0.39, 0.29) is 0 Å². The summed E-state index contributed by atoms with van der Waals surface area (Å²) in [6.07, 6.45) is 6.69. The summed E-state index contributed by atoms with van der Waals surface area (Å²) >= 11 is 5.93. The normalized spacial score (nSPS) is 17.0. The number of nitrogens with one attached hydrogen (secondary N) is 2. The molecule has 1 atom stereocenters. The van der Waals surface area contributed by atoms with Crippen molar-refractivity contribution in [3.8, 4) is 0 Å². The maximum Gasteiger partial charge on any atom is 0.129 e. The van der Waals surface area contributed by atoms with Crippen LogP contribution in [0, 0.1) is 5.41 Å². The van der Waals surface area contributed by atoms with Gasteiger partial charge in [-0.05, 0) is 44.1 Å². The van der Waals surface area contributed by atoms with Crippen molar-refractivity contribution in [2.24, 2.45) is 0 Å². The summed E-state index contributed by atoms with van der Waals surface area (Å²) in [6, 6.07) is 5.37. The highest BCUT2D eigenvalue weighted by atomic mass is 35.5. The van der Waals surface area contributed by atoms with Crippen LogP contribution in [0.15, 0.2) is 30.6 Å². The summed E-state index contributed by atoms with van der Waals surface area (Å²) in [5.74, 6) is 0. The third-order valence-electron chi connectivity index (χ3n) is 4.27. The summed E-state index contributed by atoms with van der Waals surface area (Å²) < 4.78 is 0. The molecule has 2 aromatic heterocycles. The zero-order chi connectivity index (χ0) is 17.6. The lowest BCUT2D eigenvalue weighted by Gasteiger charge is -2.19. The molecule has 3 heterocycles. The van der Waals surface area contributed by atoms with E-state index in [0.29, 0.717) is 29.3 Å². The Bertz CT molecular complexity index is 773. The van der Waals surface area contributed by atoms with E-state index in [1.807, 2.05) is 12.1 Å². The van der Waals surface area contributed by atoms with Gasteiger partial charge in [0.1, 0.15) is 5.15 Å². The number of fused-ring (bicyclic) bond motifs is 1. The molecule has 0 saturated carbocycles. The van der Waals surface area contributed by atoms with E-state index in [4.69, 9.17) is 17.0 Å². The molecule has 0 aromatic carbocycles. The van der Waals surface area contributed by atoms with Crippen molar-refractivity contribution >= 4 is 34.4 Å². The number of β-amino-alcohol motifs (C(OH)–C–C–N with tert-alkyl or cyclic N) is 1. The zero-order valence-electron chi connectivity index (χ0n) is 14.0. The molecule has 2 aromatic rings. The maximum atomic E-state index is 10.1. The van der Waals surface area contributed by atoms with E-state index in [0.717, 1.165) is 24.2 Å². The topological polar surface area (TPSA) is 85.1 Å². The van der Waals surface area contributed by atoms with Crippen molar-refractivity contribution in [3.05, 3.63) is 41.3 Å². The molecule has 25 heavy (non-hydrogen) atoms. The molecule has 0 amide bonds. The highest BCUT2D eigenvalue weighted by Crippen LogP contribution is 2.18. The summed E-state index contributed by atoms with van der Waals surface area (Å²) in [6.45, 7) is 3.26. The smallest absolute Gasteiger partial charge is 0.129 e. The van der Waals surface area contributed by atoms with Gasteiger partial charge in [-0.1, -0.05) is 11.6 Å². The molecule has 1 fully saturated rings. The van der Waals surface area contributed by atoms with Crippen molar-refractivity contribution in [2.75, 3.05) is 26.2 Å². The van der Waals surface area contributed by atoms with Crippen LogP contribution < -0.4 is 5.32 Å². The van der Waals surface area contributed by atoms with Gasteiger partial charge in [0.25, 0.3) is 0 Å². The number of aromatic nitrogens is 2. The average Bonchev–Trinajstić information content (AvgIpc) is 3.11. The van der Waals surface area contributed by atoms with Crippen molar-refractivity contribution in [2.45, 2.75) is 18.9 Å². The fourth-order valence-corrected chi connectivity index (χ4v) is 3.13. The van der Waals surface area contributed by atoms with E-state index >= 15 is 0 Å². The standard InChI is InChI=1S/C18H22ClN5O/c19-18-4-3-16-17(23-18)7-13(10-22-16)14(8-20)9-21-11-15(25)12-24-5-1-2-6-24/h3-4,7-10,15,20-21,25H,1-2,5-6,11-12H2/b14-9+,20-8?. The number of pyridine rings is 2. The van der Waals surface area contributed by atoms with E-state index < -0.39 is 6.10 Å². The largest absolute Gasteiger partial charge is 0.390 e. The second kappa shape index (κ2) is 8.38. The number of allylic oxidation sites excluding steroid dienone is 1. The van der Waals surface area contributed by atoms with Crippen molar-refractivity contribution in [1.29, 1.82) is 5.41 Å². The van der Waals surface area contributed by atoms with Crippen LogP contribution in [0.1, 0.15) is 18.4 Å². The van der Waals surface area contributed by atoms with E-state index in [9.17, 15) is 5.11 Å². The van der Waals surface area contributed by atoms with Crippen LogP contribution in [-0.2, 0) is 0 Å². The first-order valence-electron chi connectivity index (χ1n) is 8.43. The van der Waals surface area contributed by atoms with E-state index in [1.165, 1.54) is 19.1 Å². The highest BCUT2D eigenvalue weighted by molar-refractivity contribution is 6.29. The van der Waals surface area contributed by atoms with Gasteiger partial charge in [-0.3, -0.25) is 4.98 Å². The van der Waals surface area contributed by atoms with Gasteiger partial charge in [0.05, 0.1) is 17.1 Å². The number of nitrogens with zero attached hydrogens (tertiary/aromatic N) is 3. The summed E-state index contributed by atoms with van der Waals surface area (Å²) in [5.41, 5.74) is 2.89. The van der Waals surface area contributed by atoms with Crippen LogP contribution in [0.4, 0.5) is 0 Å². The zero-order valence-corrected chi connectivity index (χ0v) is 14.7. The Morgan fingerprint density at radius 3 is 2.92 bits per heavy atom. The first-order chi connectivity index (χ1) is 12.2. The highest BCUT2D eigenvalue weighted by Gasteiger charge is 2.15. The van der Waals surface area contributed by atoms with Crippen LogP contribution >= 0.6 is 11.6 Å². The van der Waals surface area contributed by atoms with Gasteiger partial charge in [0.15, 0.2) is 0 Å². The first-order valence-corrected chi connectivity index (χ1v) is 8.80. The van der Waals surface area contributed by atoms with Crippen LogP contribution in [0.3, 0.4) is 0 Å². The predicted molar refractivity (Wildman–Crippen MR) is 101 cm³/mol. The molecule has 0 bridgehead atoms.